The first-order valence-electron chi connectivity index (χ1n) is 6.58. The van der Waals surface area contributed by atoms with Crippen LogP contribution in [-0.2, 0) is 6.61 Å². The lowest BCUT2D eigenvalue weighted by molar-refractivity contribution is 0.280. The van der Waals surface area contributed by atoms with Crippen molar-refractivity contribution in [1.82, 2.24) is 9.38 Å². The van der Waals surface area contributed by atoms with Crippen molar-refractivity contribution in [2.75, 3.05) is 7.11 Å². The number of rotatable bonds is 2. The van der Waals surface area contributed by atoms with E-state index in [0.29, 0.717) is 16.8 Å². The van der Waals surface area contributed by atoms with E-state index in [1.807, 2.05) is 24.3 Å². The first-order chi connectivity index (χ1) is 10.2. The predicted molar refractivity (Wildman–Crippen MR) is 80.1 cm³/mol. The zero-order valence-corrected chi connectivity index (χ0v) is 11.3. The van der Waals surface area contributed by atoms with Crippen LogP contribution < -0.4 is 10.3 Å². The van der Waals surface area contributed by atoms with E-state index in [4.69, 9.17) is 4.74 Å². The second kappa shape index (κ2) is 4.17. The maximum Gasteiger partial charge on any atom is 0.261 e. The molecule has 4 rings (SSSR count). The van der Waals surface area contributed by atoms with E-state index in [-0.39, 0.29) is 12.2 Å². The summed E-state index contributed by atoms with van der Waals surface area (Å²) in [4.78, 5) is 16.9. The lowest BCUT2D eigenvalue weighted by Crippen LogP contribution is -2.17. The molecule has 0 saturated heterocycles. The third kappa shape index (κ3) is 1.49. The SMILES string of the molecule is COc1ccc2c3ccnc4cc(CO)c(=O)n(c2c1)c43. The normalized spacial score (nSPS) is 11.7. The Morgan fingerprint density at radius 3 is 2.86 bits per heavy atom. The van der Waals surface area contributed by atoms with E-state index in [1.54, 1.807) is 23.8 Å². The third-order valence-electron chi connectivity index (χ3n) is 3.87. The number of nitrogens with zero attached hydrogens (tertiary/aromatic N) is 2. The Labute approximate surface area is 119 Å². The fourth-order valence-electron chi connectivity index (χ4n) is 2.89. The maximum absolute atomic E-state index is 12.6. The molecule has 0 fully saturated rings. The van der Waals surface area contributed by atoms with Crippen LogP contribution in [0.15, 0.2) is 41.3 Å². The van der Waals surface area contributed by atoms with Crippen LogP contribution >= 0.6 is 0 Å². The molecular weight excluding hydrogens is 268 g/mol. The highest BCUT2D eigenvalue weighted by molar-refractivity contribution is 6.13. The Morgan fingerprint density at radius 1 is 1.24 bits per heavy atom. The van der Waals surface area contributed by atoms with Gasteiger partial charge in [-0.15, -0.1) is 0 Å². The fraction of sp³-hybridized carbons (Fsp3) is 0.125. The van der Waals surface area contributed by atoms with Gasteiger partial charge in [-0.05, 0) is 24.3 Å². The van der Waals surface area contributed by atoms with Gasteiger partial charge in [-0.1, -0.05) is 0 Å². The Hall–Kier alpha value is -2.66. The van der Waals surface area contributed by atoms with Gasteiger partial charge in [0, 0.05) is 28.6 Å². The maximum atomic E-state index is 12.6. The Balaban J connectivity index is 2.37. The molecule has 5 nitrogen and oxygen atoms in total. The number of aliphatic hydroxyl groups excluding tert-OH is 1. The molecule has 4 aromatic rings. The third-order valence-corrected chi connectivity index (χ3v) is 3.87. The van der Waals surface area contributed by atoms with Crippen LogP contribution in [-0.4, -0.2) is 21.6 Å². The first kappa shape index (κ1) is 12.1. The van der Waals surface area contributed by atoms with Crippen molar-refractivity contribution in [3.8, 4) is 5.75 Å². The highest BCUT2D eigenvalue weighted by atomic mass is 16.5. The molecule has 0 amide bonds. The molecule has 5 heteroatoms. The second-order valence-corrected chi connectivity index (χ2v) is 4.94. The molecule has 0 radical (unpaired) electrons. The van der Waals surface area contributed by atoms with Crippen LogP contribution in [0.1, 0.15) is 5.56 Å². The number of aliphatic hydroxyl groups is 1. The van der Waals surface area contributed by atoms with Gasteiger partial charge in [-0.2, -0.15) is 0 Å². The van der Waals surface area contributed by atoms with Gasteiger partial charge in [0.1, 0.15) is 5.75 Å². The van der Waals surface area contributed by atoms with E-state index in [9.17, 15) is 9.90 Å². The van der Waals surface area contributed by atoms with Crippen molar-refractivity contribution in [2.45, 2.75) is 6.61 Å². The molecule has 0 spiro atoms. The van der Waals surface area contributed by atoms with Gasteiger partial charge in [0.25, 0.3) is 5.56 Å². The summed E-state index contributed by atoms with van der Waals surface area (Å²) < 4.78 is 6.86. The van der Waals surface area contributed by atoms with Crippen molar-refractivity contribution in [3.05, 3.63) is 52.4 Å². The van der Waals surface area contributed by atoms with Crippen molar-refractivity contribution >= 4 is 27.3 Å². The Bertz CT molecular complexity index is 1040. The summed E-state index contributed by atoms with van der Waals surface area (Å²) in [7, 11) is 1.59. The summed E-state index contributed by atoms with van der Waals surface area (Å²) in [5, 5.41) is 11.3. The smallest absolute Gasteiger partial charge is 0.261 e. The molecule has 21 heavy (non-hydrogen) atoms. The number of aromatic nitrogens is 2. The summed E-state index contributed by atoms with van der Waals surface area (Å²) in [5.41, 5.74) is 2.37. The van der Waals surface area contributed by atoms with E-state index in [1.165, 1.54) is 0 Å². The molecule has 0 saturated carbocycles. The number of fused-ring (bicyclic) bond motifs is 3. The molecular formula is C16H12N2O3. The summed E-state index contributed by atoms with van der Waals surface area (Å²) in [6, 6.07) is 9.19. The number of hydrogen-bond acceptors (Lipinski definition) is 4. The zero-order chi connectivity index (χ0) is 14.6. The molecule has 0 unspecified atom stereocenters. The lowest BCUT2D eigenvalue weighted by Gasteiger charge is -2.03. The molecule has 3 aromatic heterocycles. The Kier molecular flexibility index (Phi) is 2.40. The van der Waals surface area contributed by atoms with Crippen molar-refractivity contribution in [1.29, 1.82) is 0 Å². The molecule has 1 aromatic carbocycles. The van der Waals surface area contributed by atoms with Crippen LogP contribution in [0, 0.1) is 0 Å². The van der Waals surface area contributed by atoms with Gasteiger partial charge < -0.3 is 9.84 Å². The minimum absolute atomic E-state index is 0.216. The van der Waals surface area contributed by atoms with Gasteiger partial charge in [-0.25, -0.2) is 0 Å². The van der Waals surface area contributed by atoms with E-state index in [0.717, 1.165) is 21.8 Å². The monoisotopic (exact) mass is 280 g/mol. The van der Waals surface area contributed by atoms with Crippen LogP contribution in [0.4, 0.5) is 0 Å². The van der Waals surface area contributed by atoms with Crippen LogP contribution in [0.25, 0.3) is 27.3 Å². The second-order valence-electron chi connectivity index (χ2n) is 4.94. The van der Waals surface area contributed by atoms with Gasteiger partial charge in [0.05, 0.1) is 30.3 Å². The van der Waals surface area contributed by atoms with Crippen molar-refractivity contribution < 1.29 is 9.84 Å². The highest BCUT2D eigenvalue weighted by Crippen LogP contribution is 2.31. The van der Waals surface area contributed by atoms with Crippen LogP contribution in [0.5, 0.6) is 5.75 Å². The van der Waals surface area contributed by atoms with Gasteiger partial charge in [-0.3, -0.25) is 14.2 Å². The number of benzene rings is 1. The number of pyridine rings is 2. The number of methoxy groups -OCH3 is 1. The predicted octanol–water partition coefficient (Wildman–Crippen LogP) is 1.94. The van der Waals surface area contributed by atoms with Gasteiger partial charge in [0.2, 0.25) is 0 Å². The molecule has 0 atom stereocenters. The number of ether oxygens (including phenoxy) is 1. The molecule has 0 aliphatic heterocycles. The number of hydrogen-bond donors (Lipinski definition) is 1. The molecule has 104 valence electrons. The van der Waals surface area contributed by atoms with E-state index in [2.05, 4.69) is 4.98 Å². The lowest BCUT2D eigenvalue weighted by atomic mass is 10.1. The topological polar surface area (TPSA) is 63.8 Å². The molecule has 1 N–H and O–H groups in total. The van der Waals surface area contributed by atoms with Crippen molar-refractivity contribution in [2.24, 2.45) is 0 Å². The van der Waals surface area contributed by atoms with Gasteiger partial charge in [0.15, 0.2) is 0 Å². The Morgan fingerprint density at radius 2 is 2.10 bits per heavy atom. The summed E-state index contributed by atoms with van der Waals surface area (Å²) in [6.07, 6.45) is 1.72. The summed E-state index contributed by atoms with van der Waals surface area (Å²) in [6.45, 7) is -0.306. The van der Waals surface area contributed by atoms with Crippen molar-refractivity contribution in [3.63, 3.8) is 0 Å². The highest BCUT2D eigenvalue weighted by Gasteiger charge is 2.16. The average molecular weight is 280 g/mol. The van der Waals surface area contributed by atoms with Gasteiger partial charge >= 0.3 is 0 Å². The largest absolute Gasteiger partial charge is 0.497 e. The summed E-state index contributed by atoms with van der Waals surface area (Å²) >= 11 is 0. The molecule has 0 bridgehead atoms. The quantitative estimate of drug-likeness (QED) is 0.609. The minimum atomic E-state index is -0.306. The molecule has 0 aliphatic rings. The summed E-state index contributed by atoms with van der Waals surface area (Å²) in [5.74, 6) is 0.684. The average Bonchev–Trinajstić information content (AvgIpc) is 2.86. The molecule has 0 aliphatic carbocycles. The first-order valence-corrected chi connectivity index (χ1v) is 6.58. The zero-order valence-electron chi connectivity index (χ0n) is 11.3. The van der Waals surface area contributed by atoms with Crippen LogP contribution in [0.3, 0.4) is 0 Å². The molecule has 3 heterocycles. The minimum Gasteiger partial charge on any atom is -0.497 e. The van der Waals surface area contributed by atoms with Crippen LogP contribution in [0.2, 0.25) is 0 Å². The van der Waals surface area contributed by atoms with E-state index >= 15 is 0 Å². The fourth-order valence-corrected chi connectivity index (χ4v) is 2.89. The standard InChI is InChI=1S/C16H12N2O3/c1-21-10-2-3-11-12-4-5-17-13-6-9(8-19)16(20)18(15(12)13)14(11)7-10/h2-7,19H,8H2,1H3. The van der Waals surface area contributed by atoms with E-state index < -0.39 is 0 Å².